The summed E-state index contributed by atoms with van der Waals surface area (Å²) in [6.45, 7) is 10.2. The SMILES string of the molecule is CC1(C)C2CCCC2C2CC1C2(C)C.[CH]1[CH]CCC1.[Cl][Ti][Cl]. The van der Waals surface area contributed by atoms with Gasteiger partial charge in [-0.15, -0.1) is 0 Å². The summed E-state index contributed by atoms with van der Waals surface area (Å²) < 4.78 is 0. The van der Waals surface area contributed by atoms with Gasteiger partial charge in [0.2, 0.25) is 0 Å². The first-order chi connectivity index (χ1) is 10.4. The predicted molar refractivity (Wildman–Crippen MR) is 94.1 cm³/mol. The standard InChI is InChI=1S/C14H24.C5H8.2ClH.Ti/c1-13(2)10-7-5-6-9(10)11-8-12(13)14(11,3)4;1-2-4-5-3-1;;;/h9-12H,5-8H2,1-4H3;1-2H,3-5H2;2*1H;/q;;;;+2/p-2. The van der Waals surface area contributed by atoms with E-state index in [-0.39, 0.29) is 0 Å². The van der Waals surface area contributed by atoms with Crippen LogP contribution in [0.3, 0.4) is 0 Å². The van der Waals surface area contributed by atoms with Gasteiger partial charge in [-0.1, -0.05) is 40.5 Å². The van der Waals surface area contributed by atoms with Gasteiger partial charge < -0.3 is 0 Å². The maximum atomic E-state index is 4.89. The Hall–Kier alpha value is 1.29. The van der Waals surface area contributed by atoms with Crippen LogP contribution in [0.1, 0.15) is 72.6 Å². The predicted octanol–water partition coefficient (Wildman–Crippen LogP) is 7.06. The van der Waals surface area contributed by atoms with Crippen LogP contribution in [0.25, 0.3) is 0 Å². The summed E-state index contributed by atoms with van der Waals surface area (Å²) in [6, 6.07) is 0. The topological polar surface area (TPSA) is 0 Å². The van der Waals surface area contributed by atoms with Gasteiger partial charge in [-0.05, 0) is 79.4 Å². The number of rotatable bonds is 0. The molecule has 0 aromatic rings. The number of hydrogen-bond donors (Lipinski definition) is 0. The van der Waals surface area contributed by atoms with Crippen LogP contribution in [-0.4, -0.2) is 0 Å². The first-order valence-electron chi connectivity index (χ1n) is 8.98. The average molecular weight is 379 g/mol. The Balaban J connectivity index is 0.000000184. The van der Waals surface area contributed by atoms with Gasteiger partial charge in [-0.25, -0.2) is 0 Å². The molecule has 0 amide bonds. The van der Waals surface area contributed by atoms with E-state index in [1.54, 1.807) is 6.42 Å². The molecule has 2 radical (unpaired) electrons. The fraction of sp³-hybridized carbons (Fsp3) is 0.895. The third-order valence-electron chi connectivity index (χ3n) is 7.19. The molecule has 4 atom stereocenters. The van der Waals surface area contributed by atoms with Gasteiger partial charge in [0.1, 0.15) is 0 Å². The summed E-state index contributed by atoms with van der Waals surface area (Å²) >= 11 is -0.556. The van der Waals surface area contributed by atoms with Crippen molar-refractivity contribution in [2.45, 2.75) is 72.6 Å². The zero-order valence-corrected chi connectivity index (χ0v) is 17.7. The van der Waals surface area contributed by atoms with Crippen LogP contribution in [0.5, 0.6) is 0 Å². The van der Waals surface area contributed by atoms with Crippen molar-refractivity contribution in [1.82, 2.24) is 0 Å². The van der Waals surface area contributed by atoms with E-state index in [2.05, 4.69) is 40.5 Å². The number of hydrogen-bond acceptors (Lipinski definition) is 0. The summed E-state index contributed by atoms with van der Waals surface area (Å²) in [7, 11) is 9.78. The van der Waals surface area contributed by atoms with Crippen LogP contribution >= 0.6 is 18.6 Å². The van der Waals surface area contributed by atoms with Crippen LogP contribution in [0.15, 0.2) is 0 Å². The third-order valence-corrected chi connectivity index (χ3v) is 7.19. The Bertz CT molecular complexity index is 338. The normalized spacial score (nSPS) is 39.4. The molecule has 126 valence electrons. The van der Waals surface area contributed by atoms with Crippen LogP contribution in [0.4, 0.5) is 0 Å². The van der Waals surface area contributed by atoms with E-state index in [9.17, 15) is 0 Å². The average Bonchev–Trinajstić information content (AvgIpc) is 3.12. The van der Waals surface area contributed by atoms with Crippen molar-refractivity contribution in [3.63, 3.8) is 0 Å². The van der Waals surface area contributed by atoms with Gasteiger partial charge in [0.05, 0.1) is 0 Å². The Labute approximate surface area is 155 Å². The molecule has 0 saturated heterocycles. The van der Waals surface area contributed by atoms with E-state index in [1.165, 1.54) is 38.5 Å². The van der Waals surface area contributed by atoms with E-state index in [0.29, 0.717) is 10.8 Å². The molecule has 5 rings (SSSR count). The molecule has 0 spiro atoms. The third kappa shape index (κ3) is 3.76. The summed E-state index contributed by atoms with van der Waals surface area (Å²) in [6.07, 6.45) is 14.6. The molecule has 5 fully saturated rings. The van der Waals surface area contributed by atoms with Crippen LogP contribution in [0.2, 0.25) is 0 Å². The summed E-state index contributed by atoms with van der Waals surface area (Å²) in [5.41, 5.74) is 1.30. The quantitative estimate of drug-likeness (QED) is 0.395. The molecule has 2 bridgehead atoms. The molecule has 5 aliphatic rings. The van der Waals surface area contributed by atoms with Crippen molar-refractivity contribution in [3.05, 3.63) is 12.8 Å². The molecule has 0 N–H and O–H groups in total. The molecule has 3 heteroatoms. The molecular formula is C19H32Cl2Ti. The molecule has 0 aliphatic heterocycles. The van der Waals surface area contributed by atoms with Gasteiger partial charge in [-0.2, -0.15) is 0 Å². The Morgan fingerprint density at radius 2 is 1.41 bits per heavy atom. The van der Waals surface area contributed by atoms with Crippen molar-refractivity contribution in [2.75, 3.05) is 0 Å². The number of halogens is 2. The van der Waals surface area contributed by atoms with Gasteiger partial charge in [0.15, 0.2) is 0 Å². The minimum absolute atomic E-state index is 0.556. The maximum absolute atomic E-state index is 4.89. The van der Waals surface area contributed by atoms with E-state index < -0.39 is 17.0 Å². The van der Waals surface area contributed by atoms with E-state index >= 15 is 0 Å². The second kappa shape index (κ2) is 8.12. The second-order valence-corrected chi connectivity index (χ2v) is 11.3. The molecule has 0 heterocycles. The van der Waals surface area contributed by atoms with Crippen LogP contribution in [0, 0.1) is 47.3 Å². The van der Waals surface area contributed by atoms with Crippen LogP contribution in [-0.2, 0) is 17.0 Å². The van der Waals surface area contributed by atoms with Gasteiger partial charge in [0.25, 0.3) is 0 Å². The zero-order chi connectivity index (χ0) is 16.4. The van der Waals surface area contributed by atoms with Gasteiger partial charge in [-0.3, -0.25) is 0 Å². The fourth-order valence-corrected chi connectivity index (χ4v) is 6.19. The van der Waals surface area contributed by atoms with E-state index in [0.717, 1.165) is 23.7 Å². The first-order valence-corrected chi connectivity index (χ1v) is 13.3. The van der Waals surface area contributed by atoms with Crippen molar-refractivity contribution >= 4 is 18.6 Å². The first kappa shape index (κ1) is 19.6. The summed E-state index contributed by atoms with van der Waals surface area (Å²) in [5.74, 6) is 4.25. The molecule has 4 unspecified atom stereocenters. The summed E-state index contributed by atoms with van der Waals surface area (Å²) in [5, 5.41) is 0. The second-order valence-electron chi connectivity index (χ2n) is 8.71. The minimum atomic E-state index is -0.556. The molecule has 0 nitrogen and oxygen atoms in total. The van der Waals surface area contributed by atoms with Crippen molar-refractivity contribution in [3.8, 4) is 0 Å². The monoisotopic (exact) mass is 378 g/mol. The molecule has 0 aromatic carbocycles. The van der Waals surface area contributed by atoms with Crippen molar-refractivity contribution < 1.29 is 17.0 Å². The molecule has 5 aliphatic carbocycles. The molecule has 0 aromatic heterocycles. The van der Waals surface area contributed by atoms with Gasteiger partial charge >= 0.3 is 35.6 Å². The summed E-state index contributed by atoms with van der Waals surface area (Å²) in [4.78, 5) is 0. The fourth-order valence-electron chi connectivity index (χ4n) is 6.19. The van der Waals surface area contributed by atoms with E-state index in [4.69, 9.17) is 18.6 Å². The molecule has 5 saturated carbocycles. The Morgan fingerprint density at radius 1 is 0.864 bits per heavy atom. The molecule has 22 heavy (non-hydrogen) atoms. The zero-order valence-electron chi connectivity index (χ0n) is 14.7. The van der Waals surface area contributed by atoms with Crippen molar-refractivity contribution in [2.24, 2.45) is 34.5 Å². The van der Waals surface area contributed by atoms with Crippen molar-refractivity contribution in [1.29, 1.82) is 0 Å². The van der Waals surface area contributed by atoms with E-state index in [1.807, 2.05) is 0 Å². The van der Waals surface area contributed by atoms with Crippen LogP contribution < -0.4 is 0 Å². The van der Waals surface area contributed by atoms with Gasteiger partial charge in [0, 0.05) is 0 Å². The molecular weight excluding hydrogens is 347 g/mol. The Kier molecular flexibility index (Phi) is 7.24. The Morgan fingerprint density at radius 3 is 1.86 bits per heavy atom.